The van der Waals surface area contributed by atoms with Crippen LogP contribution in [0.1, 0.15) is 24.6 Å². The van der Waals surface area contributed by atoms with Crippen molar-refractivity contribution in [3.05, 3.63) is 29.8 Å². The van der Waals surface area contributed by atoms with E-state index in [1.807, 2.05) is 0 Å². The number of aromatic nitrogens is 1. The highest BCUT2D eigenvalue weighted by Gasteiger charge is 2.22. The van der Waals surface area contributed by atoms with E-state index in [2.05, 4.69) is 9.88 Å². The highest BCUT2D eigenvalue weighted by atomic mass is 19.1. The van der Waals surface area contributed by atoms with Crippen molar-refractivity contribution in [1.29, 1.82) is 0 Å². The van der Waals surface area contributed by atoms with Crippen molar-refractivity contribution in [2.24, 2.45) is 11.7 Å². The van der Waals surface area contributed by atoms with Gasteiger partial charge in [-0.3, -0.25) is 4.98 Å². The van der Waals surface area contributed by atoms with Gasteiger partial charge in [-0.25, -0.2) is 4.39 Å². The lowest BCUT2D eigenvalue weighted by Crippen LogP contribution is -2.26. The Morgan fingerprint density at radius 3 is 3.11 bits per heavy atom. The van der Waals surface area contributed by atoms with Gasteiger partial charge in [0.1, 0.15) is 5.82 Å². The molecule has 5 heteroatoms. The van der Waals surface area contributed by atoms with Gasteiger partial charge in [0.15, 0.2) is 0 Å². The third-order valence-corrected chi connectivity index (χ3v) is 3.66. The quantitative estimate of drug-likeness (QED) is 0.850. The molecule has 19 heavy (non-hydrogen) atoms. The second-order valence-corrected chi connectivity index (χ2v) is 5.21. The first-order chi connectivity index (χ1) is 9.19. The molecular formula is C14H22FN3O. The average molecular weight is 267 g/mol. The smallest absolute Gasteiger partial charge is 0.141 e. The maximum absolute atomic E-state index is 12.8. The summed E-state index contributed by atoms with van der Waals surface area (Å²) in [7, 11) is 1.75. The summed E-state index contributed by atoms with van der Waals surface area (Å²) in [6.07, 6.45) is 3.26. The predicted octanol–water partition coefficient (Wildman–Crippen LogP) is 1.58. The van der Waals surface area contributed by atoms with Gasteiger partial charge in [-0.05, 0) is 37.4 Å². The highest BCUT2D eigenvalue weighted by Crippen LogP contribution is 2.19. The van der Waals surface area contributed by atoms with E-state index >= 15 is 0 Å². The van der Waals surface area contributed by atoms with Crippen LogP contribution in [0, 0.1) is 11.7 Å². The van der Waals surface area contributed by atoms with Gasteiger partial charge in [0.2, 0.25) is 0 Å². The average Bonchev–Trinajstić information content (AvgIpc) is 2.85. The van der Waals surface area contributed by atoms with Crippen molar-refractivity contribution in [2.45, 2.75) is 18.9 Å². The fourth-order valence-corrected chi connectivity index (χ4v) is 2.56. The molecule has 0 aromatic carbocycles. The number of methoxy groups -OCH3 is 1. The van der Waals surface area contributed by atoms with E-state index in [1.165, 1.54) is 18.7 Å². The number of halogens is 1. The maximum Gasteiger partial charge on any atom is 0.141 e. The molecule has 2 N–H and O–H groups in total. The SMILES string of the molecule is COCC1CCN(CCC(N)c2ccc(F)cn2)C1. The van der Waals surface area contributed by atoms with Crippen LogP contribution in [0.3, 0.4) is 0 Å². The summed E-state index contributed by atoms with van der Waals surface area (Å²) in [6.45, 7) is 3.98. The Balaban J connectivity index is 1.75. The minimum atomic E-state index is -0.321. The monoisotopic (exact) mass is 267 g/mol. The Morgan fingerprint density at radius 2 is 2.42 bits per heavy atom. The first kappa shape index (κ1) is 14.4. The Hall–Kier alpha value is -1.04. The number of pyridine rings is 1. The minimum absolute atomic E-state index is 0.123. The van der Waals surface area contributed by atoms with E-state index in [1.54, 1.807) is 13.2 Å². The fourth-order valence-electron chi connectivity index (χ4n) is 2.56. The molecule has 1 aromatic rings. The van der Waals surface area contributed by atoms with E-state index in [-0.39, 0.29) is 11.9 Å². The molecule has 1 aromatic heterocycles. The topological polar surface area (TPSA) is 51.4 Å². The lowest BCUT2D eigenvalue weighted by Gasteiger charge is -2.18. The predicted molar refractivity (Wildman–Crippen MR) is 72.2 cm³/mol. The number of likely N-dealkylation sites (tertiary alicyclic amines) is 1. The van der Waals surface area contributed by atoms with Crippen LogP contribution in [0.15, 0.2) is 18.3 Å². The van der Waals surface area contributed by atoms with Gasteiger partial charge >= 0.3 is 0 Å². The van der Waals surface area contributed by atoms with E-state index in [9.17, 15) is 4.39 Å². The molecule has 2 heterocycles. The molecular weight excluding hydrogens is 245 g/mol. The van der Waals surface area contributed by atoms with E-state index in [0.29, 0.717) is 5.92 Å². The molecule has 4 nitrogen and oxygen atoms in total. The maximum atomic E-state index is 12.8. The summed E-state index contributed by atoms with van der Waals surface area (Å²) in [5.41, 5.74) is 6.84. The molecule has 0 bridgehead atoms. The molecule has 106 valence electrons. The summed E-state index contributed by atoms with van der Waals surface area (Å²) in [5, 5.41) is 0. The number of nitrogens with zero attached hydrogens (tertiary/aromatic N) is 2. The largest absolute Gasteiger partial charge is 0.384 e. The molecule has 1 aliphatic rings. The van der Waals surface area contributed by atoms with Crippen molar-refractivity contribution >= 4 is 0 Å². The fraction of sp³-hybridized carbons (Fsp3) is 0.643. The molecule has 0 saturated carbocycles. The van der Waals surface area contributed by atoms with Crippen molar-refractivity contribution in [2.75, 3.05) is 33.4 Å². The number of hydrogen-bond acceptors (Lipinski definition) is 4. The van der Waals surface area contributed by atoms with Crippen LogP contribution < -0.4 is 5.73 Å². The minimum Gasteiger partial charge on any atom is -0.384 e. The van der Waals surface area contributed by atoms with Gasteiger partial charge in [-0.2, -0.15) is 0 Å². The summed E-state index contributed by atoms with van der Waals surface area (Å²) in [6, 6.07) is 2.95. The number of ether oxygens (including phenoxy) is 1. The van der Waals surface area contributed by atoms with Crippen LogP contribution >= 0.6 is 0 Å². The molecule has 2 rings (SSSR count). The number of hydrogen-bond donors (Lipinski definition) is 1. The van der Waals surface area contributed by atoms with E-state index < -0.39 is 0 Å². The third-order valence-electron chi connectivity index (χ3n) is 3.66. The molecule has 0 spiro atoms. The van der Waals surface area contributed by atoms with E-state index in [4.69, 9.17) is 10.5 Å². The first-order valence-electron chi connectivity index (χ1n) is 6.77. The molecule has 0 radical (unpaired) electrons. The highest BCUT2D eigenvalue weighted by molar-refractivity contribution is 5.09. The number of rotatable bonds is 6. The van der Waals surface area contributed by atoms with Crippen molar-refractivity contribution in [1.82, 2.24) is 9.88 Å². The molecule has 1 fully saturated rings. The van der Waals surface area contributed by atoms with Gasteiger partial charge < -0.3 is 15.4 Å². The summed E-state index contributed by atoms with van der Waals surface area (Å²) < 4.78 is 18.0. The van der Waals surface area contributed by atoms with Gasteiger partial charge in [0.05, 0.1) is 18.5 Å². The second kappa shape index (κ2) is 6.93. The van der Waals surface area contributed by atoms with Crippen LogP contribution in [0.25, 0.3) is 0 Å². The number of nitrogens with two attached hydrogens (primary N) is 1. The first-order valence-corrected chi connectivity index (χ1v) is 6.77. The Kier molecular flexibility index (Phi) is 5.24. The second-order valence-electron chi connectivity index (χ2n) is 5.21. The molecule has 0 aliphatic carbocycles. The lowest BCUT2D eigenvalue weighted by molar-refractivity contribution is 0.153. The summed E-state index contributed by atoms with van der Waals surface area (Å²) in [4.78, 5) is 6.44. The summed E-state index contributed by atoms with van der Waals surface area (Å²) in [5.74, 6) is 0.322. The zero-order valence-corrected chi connectivity index (χ0v) is 11.4. The Labute approximate surface area is 113 Å². The van der Waals surface area contributed by atoms with Crippen LogP contribution in [0.2, 0.25) is 0 Å². The Morgan fingerprint density at radius 1 is 1.58 bits per heavy atom. The third kappa shape index (κ3) is 4.23. The van der Waals surface area contributed by atoms with Crippen molar-refractivity contribution in [3.63, 3.8) is 0 Å². The van der Waals surface area contributed by atoms with Gasteiger partial charge in [-0.15, -0.1) is 0 Å². The zero-order chi connectivity index (χ0) is 13.7. The molecule has 1 aliphatic heterocycles. The van der Waals surface area contributed by atoms with Crippen LogP contribution in [-0.4, -0.2) is 43.2 Å². The molecule has 2 atom stereocenters. The van der Waals surface area contributed by atoms with E-state index in [0.717, 1.165) is 38.4 Å². The van der Waals surface area contributed by atoms with Gasteiger partial charge in [0, 0.05) is 26.2 Å². The van der Waals surface area contributed by atoms with Crippen molar-refractivity contribution < 1.29 is 9.13 Å². The summed E-state index contributed by atoms with van der Waals surface area (Å²) >= 11 is 0. The van der Waals surface area contributed by atoms with Crippen LogP contribution in [-0.2, 0) is 4.74 Å². The zero-order valence-electron chi connectivity index (χ0n) is 11.4. The lowest BCUT2D eigenvalue weighted by atomic mass is 10.1. The molecule has 0 amide bonds. The van der Waals surface area contributed by atoms with Gasteiger partial charge in [0.25, 0.3) is 0 Å². The molecule has 1 saturated heterocycles. The van der Waals surface area contributed by atoms with Gasteiger partial charge in [-0.1, -0.05) is 0 Å². The van der Waals surface area contributed by atoms with Crippen molar-refractivity contribution in [3.8, 4) is 0 Å². The standard InChI is InChI=1S/C14H22FN3O/c1-19-10-11-4-6-18(9-11)7-5-13(16)14-3-2-12(15)8-17-14/h2-3,8,11,13H,4-7,9-10,16H2,1H3. The van der Waals surface area contributed by atoms with Crippen LogP contribution in [0.4, 0.5) is 4.39 Å². The molecule has 2 unspecified atom stereocenters. The normalized spacial score (nSPS) is 21.7. The van der Waals surface area contributed by atoms with Crippen LogP contribution in [0.5, 0.6) is 0 Å². The Bertz CT molecular complexity index is 385.